The minimum atomic E-state index is 0.150. The van der Waals surface area contributed by atoms with Crippen LogP contribution < -0.4 is 5.73 Å². The number of hydrogen-bond acceptors (Lipinski definition) is 3. The van der Waals surface area contributed by atoms with Crippen LogP contribution >= 0.6 is 0 Å². The molecule has 1 fully saturated rings. The number of nitrogens with zero attached hydrogens (tertiary/aromatic N) is 1. The van der Waals surface area contributed by atoms with Crippen molar-refractivity contribution >= 4 is 0 Å². The number of aliphatic hydroxyl groups is 1. The van der Waals surface area contributed by atoms with E-state index in [9.17, 15) is 0 Å². The molecule has 0 aliphatic heterocycles. The fourth-order valence-corrected chi connectivity index (χ4v) is 1.71. The van der Waals surface area contributed by atoms with Crippen LogP contribution in [0.25, 0.3) is 0 Å². The topological polar surface area (TPSA) is 49.5 Å². The second-order valence-corrected chi connectivity index (χ2v) is 4.00. The van der Waals surface area contributed by atoms with Gasteiger partial charge in [0.25, 0.3) is 0 Å². The Hall–Kier alpha value is -0.120. The van der Waals surface area contributed by atoms with E-state index in [0.717, 1.165) is 25.6 Å². The van der Waals surface area contributed by atoms with E-state index in [4.69, 9.17) is 10.8 Å². The number of aliphatic hydroxyl groups excluding tert-OH is 1. The zero-order valence-electron chi connectivity index (χ0n) is 8.58. The summed E-state index contributed by atoms with van der Waals surface area (Å²) in [5, 5.41) is 8.74. The van der Waals surface area contributed by atoms with Crippen LogP contribution in [0.5, 0.6) is 0 Å². The van der Waals surface area contributed by atoms with Crippen LogP contribution in [0.1, 0.15) is 32.6 Å². The molecule has 0 saturated heterocycles. The third-order valence-electron chi connectivity index (χ3n) is 2.54. The molecule has 1 atom stereocenters. The molecule has 0 bridgehead atoms. The predicted octanol–water partition coefficient (Wildman–Crippen LogP) is 0.571. The van der Waals surface area contributed by atoms with Crippen LogP contribution in [0, 0.1) is 0 Å². The molecular weight excluding hydrogens is 164 g/mol. The fraction of sp³-hybridized carbons (Fsp3) is 1.00. The van der Waals surface area contributed by atoms with Crippen LogP contribution in [0.4, 0.5) is 0 Å². The maximum absolute atomic E-state index is 8.74. The van der Waals surface area contributed by atoms with Crippen molar-refractivity contribution in [3.8, 4) is 0 Å². The number of nitrogens with two attached hydrogens (primary N) is 1. The lowest BCUT2D eigenvalue weighted by molar-refractivity contribution is 0.218. The summed E-state index contributed by atoms with van der Waals surface area (Å²) in [6.45, 7) is 4.53. The Bertz CT molecular complexity index is 137. The van der Waals surface area contributed by atoms with Crippen LogP contribution in [0.2, 0.25) is 0 Å². The van der Waals surface area contributed by atoms with Gasteiger partial charge in [-0.25, -0.2) is 0 Å². The highest BCUT2D eigenvalue weighted by atomic mass is 16.3. The smallest absolute Gasteiger partial charge is 0.0446 e. The monoisotopic (exact) mass is 186 g/mol. The molecule has 3 N–H and O–H groups in total. The molecule has 0 aromatic heterocycles. The van der Waals surface area contributed by atoms with E-state index in [-0.39, 0.29) is 12.6 Å². The highest BCUT2D eigenvalue weighted by molar-refractivity contribution is 4.86. The molecule has 0 aromatic carbocycles. The maximum Gasteiger partial charge on any atom is 0.0446 e. The molecule has 3 heteroatoms. The molecule has 0 spiro atoms. The first-order valence-electron chi connectivity index (χ1n) is 5.38. The molecule has 1 aliphatic carbocycles. The first-order chi connectivity index (χ1) is 6.27. The first-order valence-corrected chi connectivity index (χ1v) is 5.38. The summed E-state index contributed by atoms with van der Waals surface area (Å²) in [6, 6.07) is 0.946. The standard InChI is InChI=1S/C10H22N2O/c1-2-6-12(10-3-4-10)8-9(11)5-7-13/h9-10,13H,2-8,11H2,1H3. The highest BCUT2D eigenvalue weighted by Gasteiger charge is 2.28. The van der Waals surface area contributed by atoms with Gasteiger partial charge in [0, 0.05) is 25.2 Å². The van der Waals surface area contributed by atoms with Crippen molar-refractivity contribution in [1.82, 2.24) is 4.90 Å². The van der Waals surface area contributed by atoms with E-state index in [0.29, 0.717) is 0 Å². The third kappa shape index (κ3) is 4.07. The second-order valence-electron chi connectivity index (χ2n) is 4.00. The quantitative estimate of drug-likeness (QED) is 0.611. The Balaban J connectivity index is 2.20. The molecule has 3 nitrogen and oxygen atoms in total. The van der Waals surface area contributed by atoms with Gasteiger partial charge in [-0.3, -0.25) is 4.90 Å². The van der Waals surface area contributed by atoms with Gasteiger partial charge in [-0.05, 0) is 32.2 Å². The third-order valence-corrected chi connectivity index (χ3v) is 2.54. The van der Waals surface area contributed by atoms with Crippen LogP contribution in [-0.4, -0.2) is 41.8 Å². The van der Waals surface area contributed by atoms with Gasteiger partial charge in [-0.1, -0.05) is 6.92 Å². The van der Waals surface area contributed by atoms with E-state index in [2.05, 4.69) is 11.8 Å². The highest BCUT2D eigenvalue weighted by Crippen LogP contribution is 2.26. The second kappa shape index (κ2) is 5.58. The lowest BCUT2D eigenvalue weighted by atomic mass is 10.2. The molecule has 1 unspecified atom stereocenters. The summed E-state index contributed by atoms with van der Waals surface area (Å²) in [4.78, 5) is 2.47. The summed E-state index contributed by atoms with van der Waals surface area (Å²) in [6.07, 6.45) is 4.60. The Morgan fingerprint density at radius 1 is 1.54 bits per heavy atom. The molecule has 1 saturated carbocycles. The minimum Gasteiger partial charge on any atom is -0.396 e. The zero-order chi connectivity index (χ0) is 9.68. The summed E-state index contributed by atoms with van der Waals surface area (Å²) in [5.74, 6) is 0. The van der Waals surface area contributed by atoms with Crippen molar-refractivity contribution in [2.24, 2.45) is 5.73 Å². The Morgan fingerprint density at radius 2 is 2.23 bits per heavy atom. The zero-order valence-corrected chi connectivity index (χ0v) is 8.58. The first kappa shape index (κ1) is 11.0. The molecule has 0 aromatic rings. The largest absolute Gasteiger partial charge is 0.396 e. The van der Waals surface area contributed by atoms with Gasteiger partial charge < -0.3 is 10.8 Å². The van der Waals surface area contributed by atoms with Gasteiger partial charge in [-0.2, -0.15) is 0 Å². The average molecular weight is 186 g/mol. The molecule has 0 heterocycles. The van der Waals surface area contributed by atoms with Gasteiger partial charge in [0.1, 0.15) is 0 Å². The fourth-order valence-electron chi connectivity index (χ4n) is 1.71. The van der Waals surface area contributed by atoms with Gasteiger partial charge in [0.05, 0.1) is 0 Å². The van der Waals surface area contributed by atoms with Gasteiger partial charge in [0.15, 0.2) is 0 Å². The summed E-state index contributed by atoms with van der Waals surface area (Å²) in [7, 11) is 0. The van der Waals surface area contributed by atoms with E-state index in [1.54, 1.807) is 0 Å². The predicted molar refractivity (Wildman–Crippen MR) is 54.6 cm³/mol. The normalized spacial score (nSPS) is 19.4. The Morgan fingerprint density at radius 3 is 2.69 bits per heavy atom. The molecular formula is C10H22N2O. The van der Waals surface area contributed by atoms with Gasteiger partial charge in [-0.15, -0.1) is 0 Å². The van der Waals surface area contributed by atoms with Gasteiger partial charge in [0.2, 0.25) is 0 Å². The van der Waals surface area contributed by atoms with Crippen molar-refractivity contribution in [2.45, 2.75) is 44.7 Å². The van der Waals surface area contributed by atoms with Crippen molar-refractivity contribution < 1.29 is 5.11 Å². The van der Waals surface area contributed by atoms with Crippen LogP contribution in [0.15, 0.2) is 0 Å². The number of rotatable bonds is 7. The molecule has 78 valence electrons. The SMILES string of the molecule is CCCN(CC(N)CCO)C1CC1. The van der Waals surface area contributed by atoms with Crippen LogP contribution in [0.3, 0.4) is 0 Å². The van der Waals surface area contributed by atoms with Crippen molar-refractivity contribution in [3.05, 3.63) is 0 Å². The molecule has 1 aliphatic rings. The molecule has 0 radical (unpaired) electrons. The minimum absolute atomic E-state index is 0.150. The lowest BCUT2D eigenvalue weighted by Crippen LogP contribution is -2.39. The molecule has 1 rings (SSSR count). The van der Waals surface area contributed by atoms with Crippen molar-refractivity contribution in [3.63, 3.8) is 0 Å². The lowest BCUT2D eigenvalue weighted by Gasteiger charge is -2.24. The summed E-state index contributed by atoms with van der Waals surface area (Å²) >= 11 is 0. The van der Waals surface area contributed by atoms with E-state index < -0.39 is 0 Å². The summed E-state index contributed by atoms with van der Waals surface area (Å²) < 4.78 is 0. The Labute approximate surface area is 80.9 Å². The molecule has 13 heavy (non-hydrogen) atoms. The summed E-state index contributed by atoms with van der Waals surface area (Å²) in [5.41, 5.74) is 5.88. The Kier molecular flexibility index (Phi) is 4.70. The maximum atomic E-state index is 8.74. The molecule has 0 amide bonds. The van der Waals surface area contributed by atoms with Gasteiger partial charge >= 0.3 is 0 Å². The number of hydrogen-bond donors (Lipinski definition) is 2. The van der Waals surface area contributed by atoms with Crippen molar-refractivity contribution in [2.75, 3.05) is 19.7 Å². The van der Waals surface area contributed by atoms with E-state index in [1.807, 2.05) is 0 Å². The average Bonchev–Trinajstić information content (AvgIpc) is 2.86. The van der Waals surface area contributed by atoms with Crippen LogP contribution in [-0.2, 0) is 0 Å². The van der Waals surface area contributed by atoms with Crippen molar-refractivity contribution in [1.29, 1.82) is 0 Å². The van der Waals surface area contributed by atoms with E-state index in [1.165, 1.54) is 19.3 Å². The van der Waals surface area contributed by atoms with E-state index >= 15 is 0 Å².